The number of halogens is 9. The van der Waals surface area contributed by atoms with Gasteiger partial charge in [-0.15, -0.1) is 0 Å². The molecule has 0 unspecified atom stereocenters. The van der Waals surface area contributed by atoms with E-state index in [4.69, 9.17) is 0 Å². The van der Waals surface area contributed by atoms with E-state index in [9.17, 15) is 49.1 Å². The smallest absolute Gasteiger partial charge is 0.434 e. The van der Waals surface area contributed by atoms with Crippen molar-refractivity contribution in [3.63, 3.8) is 0 Å². The summed E-state index contributed by atoms with van der Waals surface area (Å²) in [7, 11) is 0.613. The SMILES string of the molecule is COC(=O)c1c(OC(=O)c2ccc(C(F)(F)F)cc2)cc(C(F)(F)F)nc1C(F)(F)F. The number of methoxy groups -OCH3 is 1. The number of alkyl halides is 9. The van der Waals surface area contributed by atoms with Crippen molar-refractivity contribution in [2.75, 3.05) is 7.11 Å². The predicted octanol–water partition coefficient (Wildman–Crippen LogP) is 5.14. The number of nitrogens with zero attached hydrogens (tertiary/aromatic N) is 1. The molecule has 14 heteroatoms. The lowest BCUT2D eigenvalue weighted by molar-refractivity contribution is -0.150. The molecule has 31 heavy (non-hydrogen) atoms. The van der Waals surface area contributed by atoms with E-state index in [2.05, 4.69) is 14.5 Å². The zero-order valence-corrected chi connectivity index (χ0v) is 14.9. The fourth-order valence-electron chi connectivity index (χ4n) is 2.21. The summed E-state index contributed by atoms with van der Waals surface area (Å²) in [6, 6.07) is 1.90. The lowest BCUT2D eigenvalue weighted by atomic mass is 10.1. The van der Waals surface area contributed by atoms with E-state index >= 15 is 0 Å². The van der Waals surface area contributed by atoms with E-state index in [1.807, 2.05) is 0 Å². The predicted molar refractivity (Wildman–Crippen MR) is 82.0 cm³/mol. The number of benzene rings is 1. The molecule has 0 atom stereocenters. The molecule has 0 spiro atoms. The van der Waals surface area contributed by atoms with E-state index in [0.29, 0.717) is 31.4 Å². The van der Waals surface area contributed by atoms with Crippen LogP contribution in [0.5, 0.6) is 5.75 Å². The maximum absolute atomic E-state index is 13.2. The number of rotatable bonds is 3. The van der Waals surface area contributed by atoms with E-state index in [-0.39, 0.29) is 6.07 Å². The van der Waals surface area contributed by atoms with Crippen molar-refractivity contribution in [2.24, 2.45) is 0 Å². The molecule has 5 nitrogen and oxygen atoms in total. The molecule has 0 N–H and O–H groups in total. The average Bonchev–Trinajstić information content (AvgIpc) is 2.64. The summed E-state index contributed by atoms with van der Waals surface area (Å²) in [5.41, 5.74) is -7.92. The van der Waals surface area contributed by atoms with Crippen LogP contribution in [0.25, 0.3) is 0 Å². The van der Waals surface area contributed by atoms with Gasteiger partial charge in [0, 0.05) is 6.07 Å². The van der Waals surface area contributed by atoms with Crippen molar-refractivity contribution in [3.8, 4) is 5.75 Å². The number of ether oxygens (including phenoxy) is 2. The highest BCUT2D eigenvalue weighted by molar-refractivity contribution is 5.97. The Labute approximate surface area is 166 Å². The van der Waals surface area contributed by atoms with Crippen LogP contribution >= 0.6 is 0 Å². The molecule has 168 valence electrons. The van der Waals surface area contributed by atoms with Crippen molar-refractivity contribution in [3.05, 3.63) is 58.4 Å². The van der Waals surface area contributed by atoms with Gasteiger partial charge < -0.3 is 9.47 Å². The van der Waals surface area contributed by atoms with Crippen molar-refractivity contribution in [1.82, 2.24) is 4.98 Å². The van der Waals surface area contributed by atoms with Gasteiger partial charge in [0.05, 0.1) is 18.2 Å². The molecule has 0 bridgehead atoms. The molecular formula is C17H8F9NO4. The first-order valence-electron chi connectivity index (χ1n) is 7.73. The van der Waals surface area contributed by atoms with Gasteiger partial charge in [0.25, 0.3) is 0 Å². The zero-order chi connectivity index (χ0) is 23.8. The maximum Gasteiger partial charge on any atom is 0.434 e. The van der Waals surface area contributed by atoms with Crippen LogP contribution in [-0.2, 0) is 23.3 Å². The summed E-state index contributed by atoms with van der Waals surface area (Å²) in [6.07, 6.45) is -15.8. The second kappa shape index (κ2) is 8.07. The Morgan fingerprint density at radius 3 is 1.77 bits per heavy atom. The van der Waals surface area contributed by atoms with Crippen LogP contribution in [0.4, 0.5) is 39.5 Å². The molecule has 0 aliphatic carbocycles. The van der Waals surface area contributed by atoms with Gasteiger partial charge in [-0.2, -0.15) is 39.5 Å². The van der Waals surface area contributed by atoms with Crippen LogP contribution in [0.15, 0.2) is 30.3 Å². The Hall–Kier alpha value is -3.32. The molecule has 1 heterocycles. The van der Waals surface area contributed by atoms with Crippen molar-refractivity contribution in [2.45, 2.75) is 18.5 Å². The van der Waals surface area contributed by atoms with E-state index < -0.39 is 64.3 Å². The minimum absolute atomic E-state index is 0.135. The van der Waals surface area contributed by atoms with Crippen LogP contribution in [0.2, 0.25) is 0 Å². The summed E-state index contributed by atoms with van der Waals surface area (Å²) in [6.45, 7) is 0. The Bertz CT molecular complexity index is 993. The van der Waals surface area contributed by atoms with Crippen LogP contribution in [-0.4, -0.2) is 24.0 Å². The Balaban J connectivity index is 2.60. The topological polar surface area (TPSA) is 65.5 Å². The zero-order valence-electron chi connectivity index (χ0n) is 14.9. The third kappa shape index (κ3) is 5.44. The number of aromatic nitrogens is 1. The van der Waals surface area contributed by atoms with Gasteiger partial charge >= 0.3 is 30.5 Å². The first-order valence-corrected chi connectivity index (χ1v) is 7.73. The van der Waals surface area contributed by atoms with Gasteiger partial charge in [-0.1, -0.05) is 0 Å². The molecule has 0 radical (unpaired) electrons. The average molecular weight is 461 g/mol. The van der Waals surface area contributed by atoms with Gasteiger partial charge in [-0.25, -0.2) is 14.6 Å². The molecule has 0 saturated carbocycles. The third-order valence-electron chi connectivity index (χ3n) is 3.58. The normalized spacial score (nSPS) is 12.5. The molecule has 2 rings (SSSR count). The minimum atomic E-state index is -5.58. The monoisotopic (exact) mass is 461 g/mol. The number of carbonyl (C=O) groups excluding carboxylic acids is 2. The summed E-state index contributed by atoms with van der Waals surface area (Å²) in [5.74, 6) is -4.94. The highest BCUT2D eigenvalue weighted by Gasteiger charge is 2.44. The number of hydrogen-bond donors (Lipinski definition) is 0. The van der Waals surface area contributed by atoms with Crippen molar-refractivity contribution < 1.29 is 58.6 Å². The van der Waals surface area contributed by atoms with Crippen LogP contribution in [0.3, 0.4) is 0 Å². The molecule has 0 amide bonds. The van der Waals surface area contributed by atoms with Crippen LogP contribution in [0.1, 0.15) is 37.7 Å². The first-order chi connectivity index (χ1) is 14.1. The molecule has 0 saturated heterocycles. The highest BCUT2D eigenvalue weighted by atomic mass is 19.4. The van der Waals surface area contributed by atoms with Gasteiger partial charge in [0.2, 0.25) is 0 Å². The van der Waals surface area contributed by atoms with Crippen molar-refractivity contribution in [1.29, 1.82) is 0 Å². The summed E-state index contributed by atoms with van der Waals surface area (Å²) in [4.78, 5) is 26.3. The molecule has 0 aliphatic heterocycles. The van der Waals surface area contributed by atoms with Crippen LogP contribution in [0, 0.1) is 0 Å². The van der Waals surface area contributed by atoms with Crippen LogP contribution < -0.4 is 4.74 Å². The fourth-order valence-corrected chi connectivity index (χ4v) is 2.21. The second-order valence-electron chi connectivity index (χ2n) is 5.68. The number of esters is 2. The van der Waals surface area contributed by atoms with E-state index in [1.165, 1.54) is 0 Å². The summed E-state index contributed by atoms with van der Waals surface area (Å²) < 4.78 is 125. The van der Waals surface area contributed by atoms with Gasteiger partial charge in [-0.3, -0.25) is 0 Å². The minimum Gasteiger partial charge on any atom is -0.465 e. The third-order valence-corrected chi connectivity index (χ3v) is 3.58. The Morgan fingerprint density at radius 1 is 0.806 bits per heavy atom. The molecule has 0 aliphatic rings. The number of pyridine rings is 1. The van der Waals surface area contributed by atoms with Gasteiger partial charge in [0.15, 0.2) is 5.69 Å². The quantitative estimate of drug-likeness (QED) is 0.468. The number of carbonyl (C=O) groups is 2. The number of hydrogen-bond acceptors (Lipinski definition) is 5. The van der Waals surface area contributed by atoms with Gasteiger partial charge in [0.1, 0.15) is 17.0 Å². The Kier molecular flexibility index (Phi) is 6.24. The highest BCUT2D eigenvalue weighted by Crippen LogP contribution is 2.39. The fraction of sp³-hybridized carbons (Fsp3) is 0.235. The van der Waals surface area contributed by atoms with Gasteiger partial charge in [-0.05, 0) is 24.3 Å². The van der Waals surface area contributed by atoms with E-state index in [0.717, 1.165) is 0 Å². The first kappa shape index (κ1) is 24.0. The van der Waals surface area contributed by atoms with E-state index in [1.54, 1.807) is 0 Å². The molecule has 1 aromatic carbocycles. The standard InChI is InChI=1S/C17H8F9NO4/c1-30-14(29)11-9(6-10(16(21,22)23)27-12(11)17(24,25)26)31-13(28)7-2-4-8(5-3-7)15(18,19)20/h2-6H,1H3. The summed E-state index contributed by atoms with van der Waals surface area (Å²) in [5, 5.41) is 0. The molecular weight excluding hydrogens is 453 g/mol. The van der Waals surface area contributed by atoms with Crippen molar-refractivity contribution >= 4 is 11.9 Å². The molecule has 1 aromatic heterocycles. The molecule has 0 fully saturated rings. The maximum atomic E-state index is 13.2. The largest absolute Gasteiger partial charge is 0.465 e. The second-order valence-corrected chi connectivity index (χ2v) is 5.68. The lowest BCUT2D eigenvalue weighted by Crippen LogP contribution is -2.23. The lowest BCUT2D eigenvalue weighted by Gasteiger charge is -2.17. The molecule has 2 aromatic rings. The Morgan fingerprint density at radius 2 is 1.35 bits per heavy atom. The summed E-state index contributed by atoms with van der Waals surface area (Å²) >= 11 is 0.